The lowest BCUT2D eigenvalue weighted by atomic mass is 10.00. The van der Waals surface area contributed by atoms with Gasteiger partial charge in [-0.15, -0.1) is 0 Å². The Morgan fingerprint density at radius 2 is 1.71 bits per heavy atom. The molecule has 1 atom stereocenters. The third-order valence-electron chi connectivity index (χ3n) is 4.80. The van der Waals surface area contributed by atoms with Gasteiger partial charge in [-0.05, 0) is 49.6 Å². The molecule has 0 radical (unpaired) electrons. The number of nitrogens with zero attached hydrogens (tertiary/aromatic N) is 1. The molecular formula is C20H23FN2O. The SMILES string of the molecule is CC(c1ccc(F)cc1)N1CCC(NC(=O)c2ccccc2)CC1. The van der Waals surface area contributed by atoms with Gasteiger partial charge in [-0.25, -0.2) is 4.39 Å². The lowest BCUT2D eigenvalue weighted by molar-refractivity contribution is 0.0896. The average molecular weight is 326 g/mol. The van der Waals surface area contributed by atoms with E-state index in [1.807, 2.05) is 42.5 Å². The van der Waals surface area contributed by atoms with Gasteiger partial charge in [0, 0.05) is 30.7 Å². The number of rotatable bonds is 4. The summed E-state index contributed by atoms with van der Waals surface area (Å²) in [6, 6.07) is 16.5. The van der Waals surface area contributed by atoms with Crippen LogP contribution in [0.4, 0.5) is 4.39 Å². The predicted octanol–water partition coefficient (Wildman–Crippen LogP) is 3.78. The third kappa shape index (κ3) is 4.01. The maximum absolute atomic E-state index is 13.1. The monoisotopic (exact) mass is 326 g/mol. The van der Waals surface area contributed by atoms with Crippen molar-refractivity contribution in [1.82, 2.24) is 10.2 Å². The largest absolute Gasteiger partial charge is 0.349 e. The molecule has 0 saturated carbocycles. The summed E-state index contributed by atoms with van der Waals surface area (Å²) in [6.45, 7) is 4.01. The second-order valence-electron chi connectivity index (χ2n) is 6.38. The summed E-state index contributed by atoms with van der Waals surface area (Å²) in [6.07, 6.45) is 1.87. The van der Waals surface area contributed by atoms with E-state index in [2.05, 4.69) is 17.1 Å². The Labute approximate surface area is 142 Å². The van der Waals surface area contributed by atoms with E-state index in [-0.39, 0.29) is 23.8 Å². The Hall–Kier alpha value is -2.20. The fraction of sp³-hybridized carbons (Fsp3) is 0.350. The molecule has 0 aromatic heterocycles. The average Bonchev–Trinajstić information content (AvgIpc) is 2.63. The van der Waals surface area contributed by atoms with Gasteiger partial charge in [-0.2, -0.15) is 0 Å². The van der Waals surface area contributed by atoms with Gasteiger partial charge >= 0.3 is 0 Å². The van der Waals surface area contributed by atoms with Crippen LogP contribution in [0.3, 0.4) is 0 Å². The Kier molecular flexibility index (Phi) is 5.26. The molecule has 3 nitrogen and oxygen atoms in total. The van der Waals surface area contributed by atoms with Crippen LogP contribution < -0.4 is 5.32 Å². The van der Waals surface area contributed by atoms with Gasteiger partial charge in [0.15, 0.2) is 0 Å². The van der Waals surface area contributed by atoms with Crippen molar-refractivity contribution in [2.45, 2.75) is 31.8 Å². The number of carbonyl (C=O) groups is 1. The van der Waals surface area contributed by atoms with Crippen LogP contribution in [-0.2, 0) is 0 Å². The predicted molar refractivity (Wildman–Crippen MR) is 93.3 cm³/mol. The van der Waals surface area contributed by atoms with E-state index < -0.39 is 0 Å². The minimum atomic E-state index is -0.201. The number of carbonyl (C=O) groups excluding carboxylic acids is 1. The van der Waals surface area contributed by atoms with Gasteiger partial charge in [-0.3, -0.25) is 9.69 Å². The van der Waals surface area contributed by atoms with Gasteiger partial charge in [0.25, 0.3) is 5.91 Å². The van der Waals surface area contributed by atoms with E-state index in [0.717, 1.165) is 31.5 Å². The first-order chi connectivity index (χ1) is 11.6. The molecule has 2 aromatic rings. The molecule has 1 unspecified atom stereocenters. The molecule has 1 aliphatic rings. The zero-order valence-corrected chi connectivity index (χ0v) is 13.9. The highest BCUT2D eigenvalue weighted by atomic mass is 19.1. The maximum atomic E-state index is 13.1. The van der Waals surface area contributed by atoms with Crippen LogP contribution in [0.5, 0.6) is 0 Å². The summed E-state index contributed by atoms with van der Waals surface area (Å²) in [5.74, 6) is -0.200. The van der Waals surface area contributed by atoms with Crippen molar-refractivity contribution in [3.63, 3.8) is 0 Å². The first-order valence-corrected chi connectivity index (χ1v) is 8.49. The minimum Gasteiger partial charge on any atom is -0.349 e. The van der Waals surface area contributed by atoms with Crippen LogP contribution in [0, 0.1) is 5.82 Å². The Morgan fingerprint density at radius 3 is 2.33 bits per heavy atom. The summed E-state index contributed by atoms with van der Waals surface area (Å²) < 4.78 is 13.1. The highest BCUT2D eigenvalue weighted by Gasteiger charge is 2.24. The number of amides is 1. The number of piperidine rings is 1. The van der Waals surface area contributed by atoms with Crippen LogP contribution in [0.1, 0.15) is 41.7 Å². The number of nitrogens with one attached hydrogen (secondary N) is 1. The molecule has 0 bridgehead atoms. The van der Waals surface area contributed by atoms with Crippen molar-refractivity contribution >= 4 is 5.91 Å². The molecule has 1 N–H and O–H groups in total. The smallest absolute Gasteiger partial charge is 0.251 e. The Balaban J connectivity index is 1.52. The van der Waals surface area contributed by atoms with Crippen LogP contribution >= 0.6 is 0 Å². The van der Waals surface area contributed by atoms with Gasteiger partial charge in [-0.1, -0.05) is 30.3 Å². The van der Waals surface area contributed by atoms with Crippen LogP contribution in [-0.4, -0.2) is 29.9 Å². The lowest BCUT2D eigenvalue weighted by Crippen LogP contribution is -2.45. The topological polar surface area (TPSA) is 32.3 Å². The summed E-state index contributed by atoms with van der Waals surface area (Å²) in [7, 11) is 0. The molecular weight excluding hydrogens is 303 g/mol. The third-order valence-corrected chi connectivity index (χ3v) is 4.80. The molecule has 1 saturated heterocycles. The second-order valence-corrected chi connectivity index (χ2v) is 6.38. The number of benzene rings is 2. The number of likely N-dealkylation sites (tertiary alicyclic amines) is 1. The van der Waals surface area contributed by atoms with Crippen molar-refractivity contribution in [2.24, 2.45) is 0 Å². The maximum Gasteiger partial charge on any atom is 0.251 e. The van der Waals surface area contributed by atoms with E-state index in [1.54, 1.807) is 0 Å². The fourth-order valence-corrected chi connectivity index (χ4v) is 3.24. The zero-order valence-electron chi connectivity index (χ0n) is 13.9. The molecule has 0 aliphatic carbocycles. The second kappa shape index (κ2) is 7.58. The van der Waals surface area contributed by atoms with Crippen LogP contribution in [0.25, 0.3) is 0 Å². The van der Waals surface area contributed by atoms with Gasteiger partial charge in [0.2, 0.25) is 0 Å². The first kappa shape index (κ1) is 16.7. The van der Waals surface area contributed by atoms with Crippen LogP contribution in [0.2, 0.25) is 0 Å². The van der Waals surface area contributed by atoms with Gasteiger partial charge in [0.1, 0.15) is 5.82 Å². The molecule has 1 heterocycles. The number of halogens is 1. The van der Waals surface area contributed by atoms with Crippen molar-refractivity contribution in [3.05, 3.63) is 71.5 Å². The van der Waals surface area contributed by atoms with Crippen molar-refractivity contribution in [1.29, 1.82) is 0 Å². The summed E-state index contributed by atoms with van der Waals surface area (Å²) in [4.78, 5) is 14.6. The van der Waals surface area contributed by atoms with E-state index in [9.17, 15) is 9.18 Å². The number of hydrogen-bond acceptors (Lipinski definition) is 2. The molecule has 0 spiro atoms. The minimum absolute atomic E-state index is 0.000586. The summed E-state index contributed by atoms with van der Waals surface area (Å²) in [5.41, 5.74) is 1.84. The summed E-state index contributed by atoms with van der Waals surface area (Å²) in [5, 5.41) is 3.13. The molecule has 24 heavy (non-hydrogen) atoms. The van der Waals surface area contributed by atoms with E-state index in [0.29, 0.717) is 5.56 Å². The quantitative estimate of drug-likeness (QED) is 0.927. The molecule has 2 aromatic carbocycles. The van der Waals surface area contributed by atoms with Crippen LogP contribution in [0.15, 0.2) is 54.6 Å². The fourth-order valence-electron chi connectivity index (χ4n) is 3.24. The molecule has 126 valence electrons. The van der Waals surface area contributed by atoms with Gasteiger partial charge in [0.05, 0.1) is 0 Å². The molecule has 1 aliphatic heterocycles. The van der Waals surface area contributed by atoms with E-state index >= 15 is 0 Å². The normalized spacial score (nSPS) is 17.4. The standard InChI is InChI=1S/C20H23FN2O/c1-15(16-7-9-18(21)10-8-16)23-13-11-19(12-14-23)22-20(24)17-5-3-2-4-6-17/h2-10,15,19H,11-14H2,1H3,(H,22,24). The molecule has 3 rings (SSSR count). The highest BCUT2D eigenvalue weighted by molar-refractivity contribution is 5.94. The summed E-state index contributed by atoms with van der Waals surface area (Å²) >= 11 is 0. The molecule has 4 heteroatoms. The first-order valence-electron chi connectivity index (χ1n) is 8.49. The van der Waals surface area contributed by atoms with Crippen molar-refractivity contribution in [3.8, 4) is 0 Å². The Morgan fingerprint density at radius 1 is 1.08 bits per heavy atom. The van der Waals surface area contributed by atoms with E-state index in [1.165, 1.54) is 12.1 Å². The van der Waals surface area contributed by atoms with Gasteiger partial charge < -0.3 is 5.32 Å². The molecule has 1 amide bonds. The van der Waals surface area contributed by atoms with Crippen molar-refractivity contribution < 1.29 is 9.18 Å². The van der Waals surface area contributed by atoms with E-state index in [4.69, 9.17) is 0 Å². The zero-order chi connectivity index (χ0) is 16.9. The molecule has 1 fully saturated rings. The number of hydrogen-bond donors (Lipinski definition) is 1. The lowest BCUT2D eigenvalue weighted by Gasteiger charge is -2.36. The van der Waals surface area contributed by atoms with Crippen molar-refractivity contribution in [2.75, 3.05) is 13.1 Å². The highest BCUT2D eigenvalue weighted by Crippen LogP contribution is 2.24. The Bertz CT molecular complexity index is 664.